The Morgan fingerprint density at radius 2 is 2.17 bits per heavy atom. The van der Waals surface area contributed by atoms with E-state index in [4.69, 9.17) is 9.72 Å². The number of aromatic amines is 1. The first-order valence-corrected chi connectivity index (χ1v) is 9.21. The topological polar surface area (TPSA) is 66.1 Å². The first kappa shape index (κ1) is 15.6. The Balaban J connectivity index is 1.42. The molecule has 0 aliphatic carbocycles. The van der Waals surface area contributed by atoms with Crippen LogP contribution in [-0.2, 0) is 4.74 Å². The maximum Gasteiger partial charge on any atom is 0.225 e. The van der Waals surface area contributed by atoms with Gasteiger partial charge >= 0.3 is 0 Å². The lowest BCUT2D eigenvalue weighted by atomic mass is 10.2. The minimum Gasteiger partial charge on any atom is -0.379 e. The Labute approximate surface area is 144 Å². The molecular formula is C17H21N5OS. The molecule has 0 aromatic carbocycles. The smallest absolute Gasteiger partial charge is 0.225 e. The summed E-state index contributed by atoms with van der Waals surface area (Å²) in [4.78, 5) is 16.1. The molecule has 1 saturated heterocycles. The predicted molar refractivity (Wildman–Crippen MR) is 97.6 cm³/mol. The second-order valence-electron chi connectivity index (χ2n) is 5.85. The molecule has 126 valence electrons. The molecule has 0 atom stereocenters. The van der Waals surface area contributed by atoms with Crippen molar-refractivity contribution in [3.05, 3.63) is 29.8 Å². The summed E-state index contributed by atoms with van der Waals surface area (Å²) in [7, 11) is 0. The summed E-state index contributed by atoms with van der Waals surface area (Å²) in [6.07, 6.45) is 2.99. The molecule has 4 rings (SSSR count). The van der Waals surface area contributed by atoms with Crippen LogP contribution >= 0.6 is 11.3 Å². The molecule has 6 nitrogen and oxygen atoms in total. The van der Waals surface area contributed by atoms with Crippen molar-refractivity contribution in [2.75, 3.05) is 44.7 Å². The fraction of sp³-hybridized carbons (Fsp3) is 0.412. The lowest BCUT2D eigenvalue weighted by molar-refractivity contribution is 0.0378. The molecular weight excluding hydrogens is 322 g/mol. The van der Waals surface area contributed by atoms with E-state index < -0.39 is 0 Å². The number of anilines is 1. The summed E-state index contributed by atoms with van der Waals surface area (Å²) in [5, 5.41) is 6.51. The van der Waals surface area contributed by atoms with Crippen LogP contribution < -0.4 is 5.32 Å². The number of nitrogens with zero attached hydrogens (tertiary/aromatic N) is 3. The van der Waals surface area contributed by atoms with Crippen molar-refractivity contribution in [2.45, 2.75) is 6.42 Å². The van der Waals surface area contributed by atoms with E-state index >= 15 is 0 Å². The zero-order valence-corrected chi connectivity index (χ0v) is 14.3. The minimum absolute atomic E-state index is 0.690. The third-order valence-corrected chi connectivity index (χ3v) is 5.08. The van der Waals surface area contributed by atoms with Crippen molar-refractivity contribution in [2.24, 2.45) is 0 Å². The Morgan fingerprint density at radius 1 is 1.25 bits per heavy atom. The van der Waals surface area contributed by atoms with E-state index in [-0.39, 0.29) is 0 Å². The third-order valence-electron chi connectivity index (χ3n) is 4.21. The zero-order chi connectivity index (χ0) is 16.2. The van der Waals surface area contributed by atoms with Crippen LogP contribution in [0.1, 0.15) is 6.42 Å². The van der Waals surface area contributed by atoms with Crippen LogP contribution in [0.25, 0.3) is 21.6 Å². The van der Waals surface area contributed by atoms with Gasteiger partial charge in [-0.25, -0.2) is 4.98 Å². The first-order chi connectivity index (χ1) is 11.9. The van der Waals surface area contributed by atoms with Gasteiger partial charge in [-0.2, -0.15) is 4.98 Å². The van der Waals surface area contributed by atoms with Crippen molar-refractivity contribution in [1.29, 1.82) is 0 Å². The fourth-order valence-electron chi connectivity index (χ4n) is 2.95. The van der Waals surface area contributed by atoms with E-state index in [9.17, 15) is 0 Å². The fourth-order valence-corrected chi connectivity index (χ4v) is 3.68. The number of ether oxygens (including phenoxy) is 1. The van der Waals surface area contributed by atoms with Gasteiger partial charge in [-0.3, -0.25) is 4.90 Å². The summed E-state index contributed by atoms with van der Waals surface area (Å²) in [6.45, 7) is 5.72. The van der Waals surface area contributed by atoms with Gasteiger partial charge < -0.3 is 15.0 Å². The molecule has 2 N–H and O–H groups in total. The van der Waals surface area contributed by atoms with E-state index in [1.165, 1.54) is 4.88 Å². The van der Waals surface area contributed by atoms with Crippen molar-refractivity contribution in [3.8, 4) is 10.6 Å². The maximum atomic E-state index is 5.38. The molecule has 24 heavy (non-hydrogen) atoms. The summed E-state index contributed by atoms with van der Waals surface area (Å²) in [5.41, 5.74) is 1.87. The van der Waals surface area contributed by atoms with Gasteiger partial charge in [-0.05, 0) is 30.5 Å². The Hall–Kier alpha value is -1.96. The van der Waals surface area contributed by atoms with Gasteiger partial charge in [0.15, 0.2) is 0 Å². The number of morpholine rings is 1. The second-order valence-corrected chi connectivity index (χ2v) is 6.80. The number of aromatic nitrogens is 3. The Kier molecular flexibility index (Phi) is 4.73. The monoisotopic (exact) mass is 343 g/mol. The van der Waals surface area contributed by atoms with Crippen LogP contribution in [0.2, 0.25) is 0 Å². The second kappa shape index (κ2) is 7.29. The number of thiophene rings is 1. The molecule has 0 spiro atoms. The largest absolute Gasteiger partial charge is 0.379 e. The Bertz CT molecular complexity index is 779. The van der Waals surface area contributed by atoms with Gasteiger partial charge in [-0.1, -0.05) is 6.07 Å². The van der Waals surface area contributed by atoms with Crippen molar-refractivity contribution >= 4 is 28.3 Å². The average Bonchev–Trinajstić information content (AvgIpc) is 3.30. The van der Waals surface area contributed by atoms with Crippen LogP contribution in [0.3, 0.4) is 0 Å². The van der Waals surface area contributed by atoms with Gasteiger partial charge in [0, 0.05) is 31.2 Å². The lowest BCUT2D eigenvalue weighted by Gasteiger charge is -2.26. The number of H-pyrrole nitrogens is 1. The summed E-state index contributed by atoms with van der Waals surface area (Å²) in [6, 6.07) is 6.18. The molecule has 1 fully saturated rings. The van der Waals surface area contributed by atoms with Crippen LogP contribution in [-0.4, -0.2) is 59.2 Å². The summed E-state index contributed by atoms with van der Waals surface area (Å²) in [5.74, 6) is 0.690. The number of hydrogen-bond acceptors (Lipinski definition) is 6. The van der Waals surface area contributed by atoms with Crippen molar-refractivity contribution in [3.63, 3.8) is 0 Å². The minimum atomic E-state index is 0.690. The number of nitrogens with one attached hydrogen (secondary N) is 2. The molecule has 4 heterocycles. The molecule has 0 radical (unpaired) electrons. The molecule has 0 bridgehead atoms. The quantitative estimate of drug-likeness (QED) is 0.674. The molecule has 1 aliphatic rings. The highest BCUT2D eigenvalue weighted by molar-refractivity contribution is 7.13. The van der Waals surface area contributed by atoms with Crippen LogP contribution in [0.15, 0.2) is 29.8 Å². The zero-order valence-electron chi connectivity index (χ0n) is 13.5. The lowest BCUT2D eigenvalue weighted by Crippen LogP contribution is -2.37. The number of hydrogen-bond donors (Lipinski definition) is 2. The highest BCUT2D eigenvalue weighted by Crippen LogP contribution is 2.29. The molecule has 7 heteroatoms. The van der Waals surface area contributed by atoms with E-state index in [1.807, 2.05) is 12.3 Å². The standard InChI is InChI=1S/C17H21N5OS/c1-3-14(24-12-1)15-13-4-6-18-16(13)21-17(20-15)19-5-2-7-22-8-10-23-11-9-22/h1,3-4,6,12H,2,5,7-11H2,(H2,18,19,20,21). The molecule has 1 aliphatic heterocycles. The van der Waals surface area contributed by atoms with Crippen molar-refractivity contribution in [1.82, 2.24) is 19.9 Å². The van der Waals surface area contributed by atoms with Crippen LogP contribution in [0.5, 0.6) is 0 Å². The molecule has 0 saturated carbocycles. The molecule has 3 aromatic rings. The third kappa shape index (κ3) is 3.43. The maximum absolute atomic E-state index is 5.38. The highest BCUT2D eigenvalue weighted by atomic mass is 32.1. The van der Waals surface area contributed by atoms with Gasteiger partial charge in [-0.15, -0.1) is 11.3 Å². The van der Waals surface area contributed by atoms with Crippen LogP contribution in [0.4, 0.5) is 5.95 Å². The van der Waals surface area contributed by atoms with E-state index in [2.05, 4.69) is 37.7 Å². The summed E-state index contributed by atoms with van der Waals surface area (Å²) < 4.78 is 5.38. The van der Waals surface area contributed by atoms with E-state index in [0.717, 1.165) is 62.5 Å². The first-order valence-electron chi connectivity index (χ1n) is 8.33. The summed E-state index contributed by atoms with van der Waals surface area (Å²) >= 11 is 1.70. The molecule has 0 amide bonds. The van der Waals surface area contributed by atoms with Crippen molar-refractivity contribution < 1.29 is 4.74 Å². The van der Waals surface area contributed by atoms with E-state index in [0.29, 0.717) is 5.95 Å². The number of fused-ring (bicyclic) bond motifs is 1. The van der Waals surface area contributed by atoms with Gasteiger partial charge in [0.2, 0.25) is 5.95 Å². The number of rotatable bonds is 6. The molecule has 3 aromatic heterocycles. The average molecular weight is 343 g/mol. The van der Waals surface area contributed by atoms with Gasteiger partial charge in [0.05, 0.1) is 23.8 Å². The van der Waals surface area contributed by atoms with E-state index in [1.54, 1.807) is 11.3 Å². The Morgan fingerprint density at radius 3 is 3.00 bits per heavy atom. The predicted octanol–water partition coefficient (Wildman–Crippen LogP) is 2.82. The SMILES string of the molecule is c1csc(-c2nc(NCCCN3CCOCC3)nc3[nH]ccc23)c1. The van der Waals surface area contributed by atoms with Gasteiger partial charge in [0.25, 0.3) is 0 Å². The molecule has 0 unspecified atom stereocenters. The highest BCUT2D eigenvalue weighted by Gasteiger charge is 2.12. The van der Waals surface area contributed by atoms with Gasteiger partial charge in [0.1, 0.15) is 5.65 Å². The van der Waals surface area contributed by atoms with Crippen LogP contribution in [0, 0.1) is 0 Å². The normalized spacial score (nSPS) is 15.8.